The van der Waals surface area contributed by atoms with Gasteiger partial charge in [0.05, 0.1) is 52.3 Å². The number of rotatable bonds is 21. The predicted octanol–water partition coefficient (Wildman–Crippen LogP) is -13.5. The van der Waals surface area contributed by atoms with Crippen molar-refractivity contribution >= 4 is 11.8 Å². The highest BCUT2D eigenvalue weighted by atomic mass is 16.8. The molecule has 0 aromatic carbocycles. The van der Waals surface area contributed by atoms with Crippen LogP contribution in [0.4, 0.5) is 0 Å². The fourth-order valence-electron chi connectivity index (χ4n) is 8.50. The molecule has 0 aromatic rings. The molecule has 5 aliphatic heterocycles. The number of aliphatic hydroxyl groups excluding tert-OH is 18. The smallest absolute Gasteiger partial charge is 0.217 e. The highest BCUT2D eigenvalue weighted by Gasteiger charge is 2.57. The lowest BCUT2D eigenvalue weighted by Gasteiger charge is -2.51. The average Bonchev–Trinajstić information content (AvgIpc) is 3.34. The molecular weight excluding hydrogens is 976 g/mol. The second-order valence-electron chi connectivity index (χ2n) is 17.6. The van der Waals surface area contributed by atoms with Crippen molar-refractivity contribution in [1.29, 1.82) is 0 Å². The van der Waals surface area contributed by atoms with Crippen molar-refractivity contribution in [1.82, 2.24) is 10.6 Å². The van der Waals surface area contributed by atoms with Crippen LogP contribution < -0.4 is 10.6 Å². The average molecular weight is 1040 g/mol. The molecule has 0 radical (unpaired) electrons. The monoisotopic (exact) mass is 1040 g/mol. The number of amides is 2. The Morgan fingerprint density at radius 1 is 0.535 bits per heavy atom. The first-order valence-corrected chi connectivity index (χ1v) is 22.4. The van der Waals surface area contributed by atoms with E-state index in [-0.39, 0.29) is 0 Å². The Balaban J connectivity index is 1.56. The molecule has 32 heteroatoms. The van der Waals surface area contributed by atoms with Crippen molar-refractivity contribution in [2.45, 2.75) is 186 Å². The topological polar surface area (TPSA) is 515 Å². The largest absolute Gasteiger partial charge is 0.394 e. The molecule has 2 amide bonds. The molecule has 0 aromatic heterocycles. The summed E-state index contributed by atoms with van der Waals surface area (Å²) in [5.41, 5.74) is 0. The van der Waals surface area contributed by atoms with Crippen molar-refractivity contribution in [3.8, 4) is 0 Å². The predicted molar refractivity (Wildman–Crippen MR) is 219 cm³/mol. The van der Waals surface area contributed by atoms with Gasteiger partial charge in [0.1, 0.15) is 134 Å². The van der Waals surface area contributed by atoms with Crippen LogP contribution in [0.25, 0.3) is 0 Å². The van der Waals surface area contributed by atoms with Crippen LogP contribution in [0.15, 0.2) is 0 Å². The summed E-state index contributed by atoms with van der Waals surface area (Å²) in [5.74, 6) is -1.64. The van der Waals surface area contributed by atoms with Crippen LogP contribution in [0.2, 0.25) is 0 Å². The van der Waals surface area contributed by atoms with Crippen LogP contribution in [-0.4, -0.2) is 322 Å². The molecule has 0 saturated carbocycles. The fourth-order valence-corrected chi connectivity index (χ4v) is 8.50. The number of hydrogen-bond donors (Lipinski definition) is 20. The van der Waals surface area contributed by atoms with Crippen molar-refractivity contribution in [2.24, 2.45) is 0 Å². The number of carbonyl (C=O) groups excluding carboxylic acids is 2. The van der Waals surface area contributed by atoms with Crippen molar-refractivity contribution < 1.29 is 149 Å². The van der Waals surface area contributed by atoms with Gasteiger partial charge in [0.2, 0.25) is 11.8 Å². The molecule has 0 bridgehead atoms. The van der Waals surface area contributed by atoms with Gasteiger partial charge in [-0.15, -0.1) is 0 Å². The van der Waals surface area contributed by atoms with Crippen molar-refractivity contribution in [3.05, 3.63) is 0 Å². The van der Waals surface area contributed by atoms with E-state index >= 15 is 0 Å². The first kappa shape index (κ1) is 59.7. The van der Waals surface area contributed by atoms with E-state index in [1.807, 2.05) is 0 Å². The van der Waals surface area contributed by atoms with Gasteiger partial charge < -0.3 is 150 Å². The molecule has 5 fully saturated rings. The van der Waals surface area contributed by atoms with Gasteiger partial charge in [0, 0.05) is 13.8 Å². The molecular formula is C39H68N2O30. The third-order valence-electron chi connectivity index (χ3n) is 12.5. The summed E-state index contributed by atoms with van der Waals surface area (Å²) in [6.07, 6.45) is -51.4. The van der Waals surface area contributed by atoms with Gasteiger partial charge in [-0.25, -0.2) is 0 Å². The van der Waals surface area contributed by atoms with Crippen molar-refractivity contribution in [2.75, 3.05) is 46.2 Å². The maximum atomic E-state index is 12.6. The van der Waals surface area contributed by atoms with Crippen LogP contribution in [0, 0.1) is 0 Å². The van der Waals surface area contributed by atoms with Crippen molar-refractivity contribution in [3.63, 3.8) is 0 Å². The van der Waals surface area contributed by atoms with Gasteiger partial charge in [0.15, 0.2) is 31.5 Å². The number of carbonyl (C=O) groups is 2. The van der Waals surface area contributed by atoms with E-state index in [0.29, 0.717) is 0 Å². The molecule has 28 atom stereocenters. The lowest BCUT2D eigenvalue weighted by molar-refractivity contribution is -0.403. The number of ether oxygens (including phenoxy) is 10. The summed E-state index contributed by atoms with van der Waals surface area (Å²) in [6.45, 7) is -4.64. The quantitative estimate of drug-likeness (QED) is 0.0507. The summed E-state index contributed by atoms with van der Waals surface area (Å²) in [6, 6.07) is -3.40. The molecule has 0 spiro atoms. The van der Waals surface area contributed by atoms with Crippen LogP contribution in [0.1, 0.15) is 13.8 Å². The summed E-state index contributed by atoms with van der Waals surface area (Å²) < 4.78 is 58.0. The molecule has 5 aliphatic rings. The van der Waals surface area contributed by atoms with Crippen LogP contribution in [-0.2, 0) is 57.0 Å². The minimum absolute atomic E-state index is 0.690. The second-order valence-corrected chi connectivity index (χ2v) is 17.6. The third-order valence-corrected chi connectivity index (χ3v) is 12.5. The lowest BCUT2D eigenvalue weighted by Crippen LogP contribution is -2.70. The molecule has 71 heavy (non-hydrogen) atoms. The Hall–Kier alpha value is -2.18. The zero-order valence-electron chi connectivity index (χ0n) is 38.1. The zero-order valence-corrected chi connectivity index (χ0v) is 38.1. The summed E-state index contributed by atoms with van der Waals surface area (Å²) in [7, 11) is 0. The molecule has 0 unspecified atom stereocenters. The van der Waals surface area contributed by atoms with Gasteiger partial charge >= 0.3 is 0 Å². The standard InChI is InChI=1S/C39H68N2O30/c1-10(47)40-12(3-42)20(51)31(13(49)4-43)68-35-19(41-11(2)48)25(56)32(17(7-46)66-35)69-39-34(71-37-28(59)21(52)14(50)8-62-37)33(70-38-30(61)27(58)23(54)16(6-45)65-38)24(55)18(67-39)9-63-36-29(60)26(57)22(53)15(5-44)64-36/h12-39,42-46,49-61H,3-9H2,1-2H3,(H,40,47)(H,41,48)/t12-,13+,14+,15+,16+,17+,18+,19+,20+,21-,22+,23+,24+,25+,26-,27-,28+,29-,30-,31+,32+,33-,34-,35-,36-,37-,38+,39-/m0/s1. The van der Waals surface area contributed by atoms with E-state index in [4.69, 9.17) is 47.4 Å². The lowest BCUT2D eigenvalue weighted by atomic mass is 9.94. The summed E-state index contributed by atoms with van der Waals surface area (Å²) in [5, 5.41) is 196. The first-order chi connectivity index (χ1) is 33.5. The number of aliphatic hydroxyl groups is 18. The molecule has 5 rings (SSSR count). The minimum atomic E-state index is -2.22. The maximum Gasteiger partial charge on any atom is 0.217 e. The normalized spacial score (nSPS) is 45.1. The highest BCUT2D eigenvalue weighted by Crippen LogP contribution is 2.37. The Morgan fingerprint density at radius 3 is 1.61 bits per heavy atom. The van der Waals surface area contributed by atoms with Gasteiger partial charge in [-0.1, -0.05) is 0 Å². The molecule has 5 saturated heterocycles. The Labute approximate surface area is 402 Å². The van der Waals surface area contributed by atoms with E-state index in [2.05, 4.69) is 10.6 Å². The van der Waals surface area contributed by atoms with E-state index in [0.717, 1.165) is 13.8 Å². The Morgan fingerprint density at radius 2 is 1.06 bits per heavy atom. The second kappa shape index (κ2) is 26.5. The SMILES string of the molecule is CC(=O)N[C@H]1[C@H](O[C@@H]([C@H](O)[C@H](CO)NC(C)=O)[C@H](O)CO)O[C@H](CO)[C@@H](O[C@@H]2O[C@H](CO[C@H]3O[C@H](CO)[C@@H](O)[C@H](O)[C@@H]3O)[C@@H](O)[C@H](O[C@H]3O[C@H](CO)[C@@H](O)[C@H](O)[C@@H]3O)[C@@H]2O[C@@H]2OC[C@@H](O)[C@H](O)[C@H]2O)[C@@H]1O. The van der Waals surface area contributed by atoms with Crippen LogP contribution >= 0.6 is 0 Å². The first-order valence-electron chi connectivity index (χ1n) is 22.4. The number of hydrogen-bond acceptors (Lipinski definition) is 30. The highest BCUT2D eigenvalue weighted by molar-refractivity contribution is 5.73. The van der Waals surface area contributed by atoms with E-state index in [1.54, 1.807) is 0 Å². The molecule has 414 valence electrons. The minimum Gasteiger partial charge on any atom is -0.394 e. The summed E-state index contributed by atoms with van der Waals surface area (Å²) in [4.78, 5) is 24.5. The fraction of sp³-hybridized carbons (Fsp3) is 0.949. The van der Waals surface area contributed by atoms with Gasteiger partial charge in [-0.05, 0) is 0 Å². The maximum absolute atomic E-state index is 12.6. The molecule has 0 aliphatic carbocycles. The summed E-state index contributed by atoms with van der Waals surface area (Å²) >= 11 is 0. The zero-order chi connectivity index (χ0) is 52.8. The van der Waals surface area contributed by atoms with Crippen LogP contribution in [0.5, 0.6) is 0 Å². The van der Waals surface area contributed by atoms with Crippen LogP contribution in [0.3, 0.4) is 0 Å². The van der Waals surface area contributed by atoms with Gasteiger partial charge in [0.25, 0.3) is 0 Å². The van der Waals surface area contributed by atoms with E-state index in [9.17, 15) is 102 Å². The van der Waals surface area contributed by atoms with E-state index in [1.165, 1.54) is 0 Å². The Bertz CT molecular complexity index is 1640. The molecule has 32 nitrogen and oxygen atoms in total. The molecule has 20 N–H and O–H groups in total. The van der Waals surface area contributed by atoms with Gasteiger partial charge in [-0.3, -0.25) is 9.59 Å². The Kier molecular flexibility index (Phi) is 22.3. The van der Waals surface area contributed by atoms with Gasteiger partial charge in [-0.2, -0.15) is 0 Å². The van der Waals surface area contributed by atoms with E-state index < -0.39 is 230 Å². The number of nitrogens with one attached hydrogen (secondary N) is 2. The third kappa shape index (κ3) is 13.8. The molecule has 5 heterocycles.